The van der Waals surface area contributed by atoms with E-state index in [1.165, 1.54) is 0 Å². The van der Waals surface area contributed by atoms with E-state index in [4.69, 9.17) is 4.74 Å². The Morgan fingerprint density at radius 3 is 1.46 bits per heavy atom. The van der Waals surface area contributed by atoms with Crippen molar-refractivity contribution in [3.63, 3.8) is 0 Å². The van der Waals surface area contributed by atoms with E-state index >= 15 is 0 Å². The van der Waals surface area contributed by atoms with Crippen LogP contribution in [-0.4, -0.2) is 0 Å². The third-order valence-corrected chi connectivity index (χ3v) is 1.79. The third kappa shape index (κ3) is 2.09. The average molecular weight is 170 g/mol. The second-order valence-electron chi connectivity index (χ2n) is 2.81. The first-order chi connectivity index (χ1) is 6.45. The minimum Gasteiger partial charge on any atom is -0.471 e. The standard InChI is InChI=1S/C12H10O/c1-2-6-11(5-1)9-13-10-12-7-3-4-8-12/h1-10H. The Labute approximate surface area is 77.7 Å². The lowest BCUT2D eigenvalue weighted by Gasteiger charge is -1.93. The molecule has 64 valence electrons. The van der Waals surface area contributed by atoms with Crippen LogP contribution in [0.4, 0.5) is 0 Å². The van der Waals surface area contributed by atoms with Crippen LogP contribution in [0.25, 0.3) is 0 Å². The Kier molecular flexibility index (Phi) is 2.28. The van der Waals surface area contributed by atoms with E-state index in [0.29, 0.717) is 0 Å². The van der Waals surface area contributed by atoms with Crippen molar-refractivity contribution in [2.75, 3.05) is 0 Å². The van der Waals surface area contributed by atoms with Gasteiger partial charge in [-0.05, 0) is 0 Å². The van der Waals surface area contributed by atoms with E-state index in [1.807, 2.05) is 48.6 Å². The lowest BCUT2D eigenvalue weighted by Crippen LogP contribution is -1.73. The maximum absolute atomic E-state index is 5.27. The highest BCUT2D eigenvalue weighted by molar-refractivity contribution is 5.40. The minimum atomic E-state index is 1.09. The first-order valence-corrected chi connectivity index (χ1v) is 4.20. The SMILES string of the molecule is C1=CC(=COC=C2C=CC=C2)C=C1. The monoisotopic (exact) mass is 170 g/mol. The summed E-state index contributed by atoms with van der Waals surface area (Å²) in [5, 5.41) is 0. The second kappa shape index (κ2) is 3.76. The Morgan fingerprint density at radius 2 is 1.08 bits per heavy atom. The molecular weight excluding hydrogens is 160 g/mol. The van der Waals surface area contributed by atoms with Crippen LogP contribution in [0.2, 0.25) is 0 Å². The fourth-order valence-electron chi connectivity index (χ4n) is 1.13. The fraction of sp³-hybridized carbons (Fsp3) is 0. The van der Waals surface area contributed by atoms with Gasteiger partial charge in [-0.15, -0.1) is 0 Å². The number of rotatable bonds is 2. The van der Waals surface area contributed by atoms with Crippen molar-refractivity contribution >= 4 is 0 Å². The molecule has 1 nitrogen and oxygen atoms in total. The summed E-state index contributed by atoms with van der Waals surface area (Å²) in [5.74, 6) is 0. The zero-order chi connectivity index (χ0) is 8.93. The molecular formula is C12H10O. The molecule has 0 fully saturated rings. The van der Waals surface area contributed by atoms with Crippen molar-refractivity contribution in [3.05, 3.63) is 72.3 Å². The van der Waals surface area contributed by atoms with E-state index in [1.54, 1.807) is 12.5 Å². The van der Waals surface area contributed by atoms with Gasteiger partial charge in [0.2, 0.25) is 0 Å². The average Bonchev–Trinajstić information content (AvgIpc) is 2.75. The van der Waals surface area contributed by atoms with Gasteiger partial charge in [-0.1, -0.05) is 48.6 Å². The van der Waals surface area contributed by atoms with Gasteiger partial charge < -0.3 is 4.74 Å². The summed E-state index contributed by atoms with van der Waals surface area (Å²) in [7, 11) is 0. The normalized spacial score (nSPS) is 17.2. The summed E-state index contributed by atoms with van der Waals surface area (Å²) < 4.78 is 5.27. The molecule has 0 spiro atoms. The van der Waals surface area contributed by atoms with Gasteiger partial charge >= 0.3 is 0 Å². The van der Waals surface area contributed by atoms with Gasteiger partial charge in [-0.25, -0.2) is 0 Å². The van der Waals surface area contributed by atoms with Crippen LogP contribution >= 0.6 is 0 Å². The summed E-state index contributed by atoms with van der Waals surface area (Å²) >= 11 is 0. The van der Waals surface area contributed by atoms with Crippen molar-refractivity contribution in [3.8, 4) is 0 Å². The summed E-state index contributed by atoms with van der Waals surface area (Å²) in [4.78, 5) is 0. The molecule has 0 atom stereocenters. The van der Waals surface area contributed by atoms with E-state index in [2.05, 4.69) is 0 Å². The quantitative estimate of drug-likeness (QED) is 0.579. The van der Waals surface area contributed by atoms with Gasteiger partial charge in [0.1, 0.15) is 0 Å². The Balaban J connectivity index is 1.93. The van der Waals surface area contributed by atoms with Gasteiger partial charge in [-0.3, -0.25) is 0 Å². The molecule has 0 saturated heterocycles. The van der Waals surface area contributed by atoms with Gasteiger partial charge in [0.25, 0.3) is 0 Å². The van der Waals surface area contributed by atoms with Crippen molar-refractivity contribution in [1.82, 2.24) is 0 Å². The molecule has 0 amide bonds. The summed E-state index contributed by atoms with van der Waals surface area (Å²) in [6.07, 6.45) is 19.4. The lowest BCUT2D eigenvalue weighted by atomic mass is 10.3. The molecule has 0 aromatic rings. The van der Waals surface area contributed by atoms with Crippen molar-refractivity contribution < 1.29 is 4.74 Å². The Hall–Kier alpha value is -1.76. The third-order valence-electron chi connectivity index (χ3n) is 1.79. The van der Waals surface area contributed by atoms with Crippen LogP contribution in [0.1, 0.15) is 0 Å². The number of hydrogen-bond acceptors (Lipinski definition) is 1. The highest BCUT2D eigenvalue weighted by Gasteiger charge is 1.92. The molecule has 0 unspecified atom stereocenters. The van der Waals surface area contributed by atoms with Crippen LogP contribution in [-0.2, 0) is 4.74 Å². The first-order valence-electron chi connectivity index (χ1n) is 4.20. The summed E-state index contributed by atoms with van der Waals surface area (Å²) in [6, 6.07) is 0. The fourth-order valence-corrected chi connectivity index (χ4v) is 1.13. The van der Waals surface area contributed by atoms with E-state index in [-0.39, 0.29) is 0 Å². The highest BCUT2D eigenvalue weighted by Crippen LogP contribution is 2.10. The highest BCUT2D eigenvalue weighted by atomic mass is 16.5. The summed E-state index contributed by atoms with van der Waals surface area (Å²) in [5.41, 5.74) is 2.17. The smallest absolute Gasteiger partial charge is 0.0974 e. The van der Waals surface area contributed by atoms with Crippen molar-refractivity contribution in [1.29, 1.82) is 0 Å². The minimum absolute atomic E-state index is 1.09. The molecule has 0 aliphatic heterocycles. The molecule has 13 heavy (non-hydrogen) atoms. The van der Waals surface area contributed by atoms with Crippen molar-refractivity contribution in [2.45, 2.75) is 0 Å². The topological polar surface area (TPSA) is 9.23 Å². The van der Waals surface area contributed by atoms with Gasteiger partial charge in [0.05, 0.1) is 12.5 Å². The van der Waals surface area contributed by atoms with E-state index in [0.717, 1.165) is 11.1 Å². The maximum atomic E-state index is 5.27. The molecule has 0 heterocycles. The molecule has 0 bridgehead atoms. The predicted molar refractivity (Wildman–Crippen MR) is 53.8 cm³/mol. The van der Waals surface area contributed by atoms with E-state index in [9.17, 15) is 0 Å². The molecule has 0 N–H and O–H groups in total. The van der Waals surface area contributed by atoms with Gasteiger partial charge in [0, 0.05) is 11.1 Å². The lowest BCUT2D eigenvalue weighted by molar-refractivity contribution is 0.398. The van der Waals surface area contributed by atoms with Crippen LogP contribution in [0.5, 0.6) is 0 Å². The van der Waals surface area contributed by atoms with Crippen LogP contribution in [0.3, 0.4) is 0 Å². The first kappa shape index (κ1) is 7.87. The molecule has 0 saturated carbocycles. The van der Waals surface area contributed by atoms with Gasteiger partial charge in [-0.2, -0.15) is 0 Å². The number of hydrogen-bond donors (Lipinski definition) is 0. The Bertz CT molecular complexity index is 299. The van der Waals surface area contributed by atoms with Crippen LogP contribution in [0, 0.1) is 0 Å². The molecule has 2 aliphatic rings. The largest absolute Gasteiger partial charge is 0.471 e. The molecule has 1 heteroatoms. The maximum Gasteiger partial charge on any atom is 0.0974 e. The Morgan fingerprint density at radius 1 is 0.692 bits per heavy atom. The molecule has 0 aromatic heterocycles. The van der Waals surface area contributed by atoms with E-state index < -0.39 is 0 Å². The zero-order valence-electron chi connectivity index (χ0n) is 7.18. The predicted octanol–water partition coefficient (Wildman–Crippen LogP) is 3.02. The van der Waals surface area contributed by atoms with Crippen molar-refractivity contribution in [2.24, 2.45) is 0 Å². The summed E-state index contributed by atoms with van der Waals surface area (Å²) in [6.45, 7) is 0. The molecule has 0 aromatic carbocycles. The molecule has 2 rings (SSSR count). The number of ether oxygens (including phenoxy) is 1. The van der Waals surface area contributed by atoms with Crippen LogP contribution < -0.4 is 0 Å². The van der Waals surface area contributed by atoms with Gasteiger partial charge in [0.15, 0.2) is 0 Å². The number of allylic oxidation sites excluding steroid dienone is 10. The molecule has 2 aliphatic carbocycles. The zero-order valence-corrected chi connectivity index (χ0v) is 7.18. The molecule has 0 radical (unpaired) electrons. The second-order valence-corrected chi connectivity index (χ2v) is 2.81. The van der Waals surface area contributed by atoms with Crippen LogP contribution in [0.15, 0.2) is 72.3 Å².